The van der Waals surface area contributed by atoms with Crippen molar-refractivity contribution in [2.45, 2.75) is 36.4 Å². The lowest BCUT2D eigenvalue weighted by molar-refractivity contribution is -0.755. The van der Waals surface area contributed by atoms with Gasteiger partial charge in [0.15, 0.2) is 0 Å². The SMILES string of the molecule is Cc1ccc(S(=O)(=O)Nc2nc(N)cc[n+]2C2OC(CO)C(O)C2O)cc1. The van der Waals surface area contributed by atoms with Gasteiger partial charge >= 0.3 is 16.0 Å². The molecule has 3 rings (SSSR count). The normalized spacial score (nSPS) is 25.5. The molecule has 10 nitrogen and oxygen atoms in total. The number of benzene rings is 1. The lowest BCUT2D eigenvalue weighted by Gasteiger charge is -2.16. The van der Waals surface area contributed by atoms with Crippen molar-refractivity contribution in [1.82, 2.24) is 4.98 Å². The summed E-state index contributed by atoms with van der Waals surface area (Å²) in [5.41, 5.74) is 6.57. The Hall–Kier alpha value is -2.31. The van der Waals surface area contributed by atoms with Gasteiger partial charge in [-0.3, -0.25) is 0 Å². The number of aryl methyl sites for hydroxylation is 1. The van der Waals surface area contributed by atoms with Crippen molar-refractivity contribution in [3.63, 3.8) is 0 Å². The zero-order chi connectivity index (χ0) is 19.8. The van der Waals surface area contributed by atoms with Crippen LogP contribution < -0.4 is 15.0 Å². The Morgan fingerprint density at radius 3 is 2.48 bits per heavy atom. The van der Waals surface area contributed by atoms with Crippen LogP contribution in [0.1, 0.15) is 11.8 Å². The van der Waals surface area contributed by atoms with E-state index in [0.29, 0.717) is 0 Å². The first-order valence-electron chi connectivity index (χ1n) is 8.12. The number of nitrogens with two attached hydrogens (primary N) is 1. The molecule has 0 saturated carbocycles. The number of nitrogens with zero attached hydrogens (tertiary/aromatic N) is 2. The summed E-state index contributed by atoms with van der Waals surface area (Å²) in [7, 11) is -3.99. The molecule has 0 aliphatic carbocycles. The Morgan fingerprint density at radius 2 is 1.89 bits per heavy atom. The first-order chi connectivity index (χ1) is 12.7. The summed E-state index contributed by atoms with van der Waals surface area (Å²) in [4.78, 5) is 3.99. The van der Waals surface area contributed by atoms with Crippen LogP contribution in [0.25, 0.3) is 0 Å². The van der Waals surface area contributed by atoms with Gasteiger partial charge in [0.1, 0.15) is 23.2 Å². The molecule has 0 spiro atoms. The molecule has 0 bridgehead atoms. The maximum Gasteiger partial charge on any atom is 0.411 e. The first kappa shape index (κ1) is 19.5. The Morgan fingerprint density at radius 1 is 1.22 bits per heavy atom. The molecule has 1 aromatic carbocycles. The Kier molecular flexibility index (Phi) is 5.31. The number of anilines is 2. The third-order valence-corrected chi connectivity index (χ3v) is 5.58. The smallest absolute Gasteiger partial charge is 0.394 e. The minimum absolute atomic E-state index is 0.0185. The summed E-state index contributed by atoms with van der Waals surface area (Å²) in [6.07, 6.45) is -3.56. The van der Waals surface area contributed by atoms with Crippen LogP contribution in [0.5, 0.6) is 0 Å². The van der Waals surface area contributed by atoms with Gasteiger partial charge < -0.3 is 25.8 Å². The van der Waals surface area contributed by atoms with E-state index in [2.05, 4.69) is 9.71 Å². The number of aromatic nitrogens is 2. The highest BCUT2D eigenvalue weighted by Crippen LogP contribution is 2.26. The van der Waals surface area contributed by atoms with E-state index >= 15 is 0 Å². The minimum Gasteiger partial charge on any atom is -0.394 e. The zero-order valence-electron chi connectivity index (χ0n) is 14.4. The molecule has 1 aromatic heterocycles. The van der Waals surface area contributed by atoms with Gasteiger partial charge in [-0.25, -0.2) is 4.57 Å². The van der Waals surface area contributed by atoms with E-state index in [1.165, 1.54) is 29.0 Å². The summed E-state index contributed by atoms with van der Waals surface area (Å²) in [5.74, 6) is -0.162. The number of ether oxygens (including phenoxy) is 1. The van der Waals surface area contributed by atoms with Gasteiger partial charge in [-0.05, 0) is 19.1 Å². The van der Waals surface area contributed by atoms with Gasteiger partial charge in [0.25, 0.3) is 0 Å². The van der Waals surface area contributed by atoms with Crippen LogP contribution in [-0.4, -0.2) is 53.6 Å². The van der Waals surface area contributed by atoms with E-state index in [-0.39, 0.29) is 16.7 Å². The summed E-state index contributed by atoms with van der Waals surface area (Å²) < 4.78 is 34.3. The molecule has 1 aliphatic heterocycles. The van der Waals surface area contributed by atoms with E-state index in [1.54, 1.807) is 12.1 Å². The highest BCUT2D eigenvalue weighted by molar-refractivity contribution is 7.92. The molecule has 27 heavy (non-hydrogen) atoms. The Balaban J connectivity index is 1.97. The summed E-state index contributed by atoms with van der Waals surface area (Å²) in [6, 6.07) is 7.59. The summed E-state index contributed by atoms with van der Waals surface area (Å²) in [5, 5.41) is 29.4. The second kappa shape index (κ2) is 7.37. The Labute approximate surface area is 155 Å². The van der Waals surface area contributed by atoms with Gasteiger partial charge in [0.2, 0.25) is 12.0 Å². The average Bonchev–Trinajstić information content (AvgIpc) is 2.90. The van der Waals surface area contributed by atoms with Crippen LogP contribution in [-0.2, 0) is 14.8 Å². The summed E-state index contributed by atoms with van der Waals surface area (Å²) in [6.45, 7) is 1.32. The lowest BCUT2D eigenvalue weighted by Crippen LogP contribution is -2.49. The number of sulfonamides is 1. The van der Waals surface area contributed by atoms with Crippen molar-refractivity contribution in [3.05, 3.63) is 42.1 Å². The predicted octanol–water partition coefficient (Wildman–Crippen LogP) is -1.33. The van der Waals surface area contributed by atoms with E-state index in [1.807, 2.05) is 6.92 Å². The highest BCUT2D eigenvalue weighted by atomic mass is 32.2. The standard InChI is InChI=1S/C16H20N4O6S/c1-9-2-4-10(5-3-9)27(24,25)19-16-18-12(17)6-7-20(16)15-14(23)13(22)11(8-21)26-15/h2-7,11,13-15,21-23H,8H2,1H3,(H2,17,18,19)/p+1. The molecule has 0 radical (unpaired) electrons. The van der Waals surface area contributed by atoms with Crippen molar-refractivity contribution in [2.24, 2.45) is 0 Å². The van der Waals surface area contributed by atoms with Crippen LogP contribution in [0.3, 0.4) is 0 Å². The molecule has 1 fully saturated rings. The molecule has 146 valence electrons. The molecule has 2 heterocycles. The van der Waals surface area contributed by atoms with Crippen molar-refractivity contribution in [2.75, 3.05) is 17.1 Å². The third-order valence-electron chi connectivity index (χ3n) is 4.23. The second-order valence-corrected chi connectivity index (χ2v) is 7.91. The number of aliphatic hydroxyl groups is 3. The topological polar surface area (TPSA) is 159 Å². The van der Waals surface area contributed by atoms with E-state index in [4.69, 9.17) is 10.5 Å². The predicted molar refractivity (Wildman–Crippen MR) is 93.8 cm³/mol. The number of nitrogens with one attached hydrogen (secondary N) is 1. The van der Waals surface area contributed by atoms with Crippen LogP contribution >= 0.6 is 0 Å². The number of nitrogen functional groups attached to an aromatic ring is 1. The maximum absolute atomic E-state index is 12.7. The third kappa shape index (κ3) is 3.87. The van der Waals surface area contributed by atoms with Crippen molar-refractivity contribution >= 4 is 21.8 Å². The fourth-order valence-corrected chi connectivity index (χ4v) is 3.74. The van der Waals surface area contributed by atoms with Crippen LogP contribution in [0, 0.1) is 6.92 Å². The van der Waals surface area contributed by atoms with Gasteiger partial charge in [-0.1, -0.05) is 22.7 Å². The number of hydrogen-bond donors (Lipinski definition) is 5. The molecular formula is C16H21N4O6S+. The van der Waals surface area contributed by atoms with Crippen LogP contribution in [0.2, 0.25) is 0 Å². The molecule has 11 heteroatoms. The monoisotopic (exact) mass is 397 g/mol. The van der Waals surface area contributed by atoms with Crippen molar-refractivity contribution in [3.8, 4) is 0 Å². The molecule has 2 aromatic rings. The number of aliphatic hydroxyl groups excluding tert-OH is 3. The fourth-order valence-electron chi connectivity index (χ4n) is 2.73. The largest absolute Gasteiger partial charge is 0.411 e. The van der Waals surface area contributed by atoms with Crippen molar-refractivity contribution < 1.29 is 33.0 Å². The lowest BCUT2D eigenvalue weighted by atomic mass is 10.1. The maximum atomic E-state index is 12.7. The van der Waals surface area contributed by atoms with Crippen LogP contribution in [0.4, 0.5) is 11.8 Å². The average molecular weight is 397 g/mol. The number of rotatable bonds is 5. The number of hydrogen-bond acceptors (Lipinski definition) is 8. The van der Waals surface area contributed by atoms with Gasteiger partial charge in [-0.2, -0.15) is 13.1 Å². The van der Waals surface area contributed by atoms with E-state index in [0.717, 1.165) is 5.56 Å². The molecule has 4 unspecified atom stereocenters. The molecule has 0 amide bonds. The highest BCUT2D eigenvalue weighted by Gasteiger charge is 2.46. The first-order valence-corrected chi connectivity index (χ1v) is 9.61. The fraction of sp³-hybridized carbons (Fsp3) is 0.375. The summed E-state index contributed by atoms with van der Waals surface area (Å²) >= 11 is 0. The Bertz CT molecular complexity index is 921. The molecule has 6 N–H and O–H groups in total. The van der Waals surface area contributed by atoms with Crippen molar-refractivity contribution in [1.29, 1.82) is 0 Å². The zero-order valence-corrected chi connectivity index (χ0v) is 15.2. The van der Waals surface area contributed by atoms with Gasteiger partial charge in [-0.15, -0.1) is 0 Å². The van der Waals surface area contributed by atoms with Crippen LogP contribution in [0.15, 0.2) is 41.4 Å². The molecule has 1 aliphatic rings. The molecule has 4 atom stereocenters. The van der Waals surface area contributed by atoms with Gasteiger partial charge in [0, 0.05) is 6.07 Å². The second-order valence-electron chi connectivity index (χ2n) is 6.23. The minimum atomic E-state index is -3.99. The molecule has 1 saturated heterocycles. The van der Waals surface area contributed by atoms with E-state index < -0.39 is 41.2 Å². The quantitative estimate of drug-likeness (QED) is 0.388. The van der Waals surface area contributed by atoms with Gasteiger partial charge in [0.05, 0.1) is 12.8 Å². The molecular weight excluding hydrogens is 376 g/mol. The van der Waals surface area contributed by atoms with E-state index in [9.17, 15) is 23.7 Å².